The highest BCUT2D eigenvalue weighted by Gasteiger charge is 2.23. The molecule has 0 atom stereocenters. The van der Waals surface area contributed by atoms with Gasteiger partial charge in [-0.15, -0.1) is 0 Å². The van der Waals surface area contributed by atoms with Crippen LogP contribution in [0.1, 0.15) is 34.7 Å². The molecule has 0 spiro atoms. The van der Waals surface area contributed by atoms with Crippen LogP contribution in [0.15, 0.2) is 42.5 Å². The Morgan fingerprint density at radius 1 is 1.19 bits per heavy atom. The summed E-state index contributed by atoms with van der Waals surface area (Å²) in [5, 5.41) is 2.45. The van der Waals surface area contributed by atoms with Crippen molar-refractivity contribution < 1.29 is 13.9 Å². The summed E-state index contributed by atoms with van der Waals surface area (Å²) in [6.07, 6.45) is 2.49. The minimum Gasteiger partial charge on any atom is -0.454 e. The molecule has 0 aliphatic heterocycles. The molecule has 0 unspecified atom stereocenters. The number of carbonyl (C=O) groups excluding carboxylic acids is 1. The molecular formula is C17H16FNO2. The quantitative estimate of drug-likeness (QED) is 0.926. The van der Waals surface area contributed by atoms with Gasteiger partial charge in [-0.3, -0.25) is 4.79 Å². The van der Waals surface area contributed by atoms with Gasteiger partial charge in [-0.25, -0.2) is 4.39 Å². The second-order valence-corrected chi connectivity index (χ2v) is 5.17. The topological polar surface area (TPSA) is 38.3 Å². The first-order chi connectivity index (χ1) is 10.2. The fourth-order valence-corrected chi connectivity index (χ4v) is 2.22. The summed E-state index contributed by atoms with van der Waals surface area (Å²) in [4.78, 5) is 11.4. The number of hydrogen-bond donors (Lipinski definition) is 1. The van der Waals surface area contributed by atoms with Crippen LogP contribution in [0.2, 0.25) is 0 Å². The number of amides is 1. The molecule has 0 heterocycles. The highest BCUT2D eigenvalue weighted by atomic mass is 19.1. The summed E-state index contributed by atoms with van der Waals surface area (Å²) in [6.45, 7) is 0. The molecule has 1 N–H and O–H groups in total. The van der Waals surface area contributed by atoms with Crippen LogP contribution in [-0.2, 0) is 0 Å². The van der Waals surface area contributed by atoms with E-state index in [0.29, 0.717) is 11.7 Å². The van der Waals surface area contributed by atoms with Crippen LogP contribution < -0.4 is 10.1 Å². The van der Waals surface area contributed by atoms with Gasteiger partial charge in [-0.05, 0) is 54.7 Å². The van der Waals surface area contributed by atoms with Crippen molar-refractivity contribution in [3.8, 4) is 11.5 Å². The van der Waals surface area contributed by atoms with Gasteiger partial charge in [0.1, 0.15) is 5.75 Å². The molecule has 3 rings (SSSR count). The molecule has 3 nitrogen and oxygen atoms in total. The van der Waals surface area contributed by atoms with Crippen LogP contribution >= 0.6 is 0 Å². The highest BCUT2D eigenvalue weighted by Crippen LogP contribution is 2.40. The van der Waals surface area contributed by atoms with Crippen molar-refractivity contribution in [3.63, 3.8) is 0 Å². The number of halogens is 1. The minimum atomic E-state index is -0.553. The van der Waals surface area contributed by atoms with Crippen molar-refractivity contribution in [2.75, 3.05) is 7.05 Å². The Morgan fingerprint density at radius 3 is 2.48 bits per heavy atom. The molecule has 0 saturated heterocycles. The molecule has 1 amide bonds. The van der Waals surface area contributed by atoms with Crippen LogP contribution in [0.25, 0.3) is 0 Å². The van der Waals surface area contributed by atoms with Crippen LogP contribution in [0.4, 0.5) is 4.39 Å². The van der Waals surface area contributed by atoms with E-state index in [4.69, 9.17) is 4.74 Å². The minimum absolute atomic E-state index is 0.113. The average Bonchev–Trinajstić information content (AvgIpc) is 3.34. The van der Waals surface area contributed by atoms with E-state index in [-0.39, 0.29) is 17.2 Å². The maximum Gasteiger partial charge on any atom is 0.251 e. The Kier molecular flexibility index (Phi) is 3.60. The molecule has 1 aliphatic rings. The third-order valence-corrected chi connectivity index (χ3v) is 3.58. The van der Waals surface area contributed by atoms with Crippen molar-refractivity contribution in [2.45, 2.75) is 18.8 Å². The van der Waals surface area contributed by atoms with E-state index in [1.807, 2.05) is 24.3 Å². The Balaban J connectivity index is 1.76. The molecule has 2 aromatic carbocycles. The van der Waals surface area contributed by atoms with Gasteiger partial charge in [0.15, 0.2) is 11.6 Å². The third kappa shape index (κ3) is 3.05. The molecule has 0 bridgehead atoms. The van der Waals surface area contributed by atoms with Gasteiger partial charge >= 0.3 is 0 Å². The van der Waals surface area contributed by atoms with E-state index >= 15 is 0 Å². The van der Waals surface area contributed by atoms with E-state index in [0.717, 1.165) is 0 Å². The first-order valence-electron chi connectivity index (χ1n) is 6.97. The van der Waals surface area contributed by atoms with Crippen LogP contribution in [0.5, 0.6) is 11.5 Å². The fraction of sp³-hybridized carbons (Fsp3) is 0.235. The number of carbonyl (C=O) groups is 1. The predicted molar refractivity (Wildman–Crippen MR) is 78.3 cm³/mol. The first kappa shape index (κ1) is 13.6. The summed E-state index contributed by atoms with van der Waals surface area (Å²) >= 11 is 0. The Labute approximate surface area is 122 Å². The van der Waals surface area contributed by atoms with Gasteiger partial charge in [0, 0.05) is 12.6 Å². The normalized spacial score (nSPS) is 13.8. The Bertz CT molecular complexity index is 663. The van der Waals surface area contributed by atoms with E-state index in [1.165, 1.54) is 43.7 Å². The van der Waals surface area contributed by atoms with Gasteiger partial charge < -0.3 is 10.1 Å². The number of ether oxygens (including phenoxy) is 1. The zero-order valence-corrected chi connectivity index (χ0v) is 11.7. The zero-order valence-electron chi connectivity index (χ0n) is 11.7. The van der Waals surface area contributed by atoms with Gasteiger partial charge in [0.25, 0.3) is 5.91 Å². The molecule has 1 fully saturated rings. The van der Waals surface area contributed by atoms with E-state index in [2.05, 4.69) is 5.32 Å². The van der Waals surface area contributed by atoms with E-state index < -0.39 is 5.82 Å². The van der Waals surface area contributed by atoms with Crippen LogP contribution in [0, 0.1) is 5.82 Å². The monoisotopic (exact) mass is 285 g/mol. The second kappa shape index (κ2) is 5.56. The largest absolute Gasteiger partial charge is 0.454 e. The second-order valence-electron chi connectivity index (χ2n) is 5.17. The summed E-state index contributed by atoms with van der Waals surface area (Å²) in [7, 11) is 1.51. The highest BCUT2D eigenvalue weighted by molar-refractivity contribution is 5.94. The third-order valence-electron chi connectivity index (χ3n) is 3.58. The van der Waals surface area contributed by atoms with Crippen molar-refractivity contribution in [1.29, 1.82) is 0 Å². The maximum atomic E-state index is 13.9. The van der Waals surface area contributed by atoms with Gasteiger partial charge in [0.05, 0.1) is 0 Å². The lowest BCUT2D eigenvalue weighted by Crippen LogP contribution is -2.17. The molecule has 21 heavy (non-hydrogen) atoms. The maximum absolute atomic E-state index is 13.9. The first-order valence-corrected chi connectivity index (χ1v) is 6.97. The molecule has 4 heteroatoms. The molecule has 108 valence electrons. The predicted octanol–water partition coefficient (Wildman–Crippen LogP) is 3.86. The van der Waals surface area contributed by atoms with Gasteiger partial charge in [0.2, 0.25) is 0 Å². The lowest BCUT2D eigenvalue weighted by Gasteiger charge is -2.08. The number of benzene rings is 2. The fourth-order valence-electron chi connectivity index (χ4n) is 2.22. The number of hydrogen-bond acceptors (Lipinski definition) is 2. The summed E-state index contributed by atoms with van der Waals surface area (Å²) < 4.78 is 19.5. The number of nitrogens with one attached hydrogen (secondary N) is 1. The molecule has 2 aromatic rings. The zero-order chi connectivity index (χ0) is 14.8. The van der Waals surface area contributed by atoms with Crippen molar-refractivity contribution in [1.82, 2.24) is 5.32 Å². The summed E-state index contributed by atoms with van der Waals surface area (Å²) in [6, 6.07) is 11.9. The lowest BCUT2D eigenvalue weighted by atomic mass is 10.1. The van der Waals surface area contributed by atoms with Crippen LogP contribution in [0.3, 0.4) is 0 Å². The molecular weight excluding hydrogens is 269 g/mol. The lowest BCUT2D eigenvalue weighted by molar-refractivity contribution is 0.0962. The molecule has 1 aliphatic carbocycles. The summed E-state index contributed by atoms with van der Waals surface area (Å²) in [5.74, 6) is 0.507. The van der Waals surface area contributed by atoms with E-state index in [1.54, 1.807) is 0 Å². The Hall–Kier alpha value is -2.36. The van der Waals surface area contributed by atoms with Crippen molar-refractivity contribution in [3.05, 3.63) is 59.4 Å². The summed E-state index contributed by atoms with van der Waals surface area (Å²) in [5.41, 5.74) is 1.57. The van der Waals surface area contributed by atoms with Gasteiger partial charge in [-0.2, -0.15) is 0 Å². The molecule has 0 radical (unpaired) electrons. The smallest absolute Gasteiger partial charge is 0.251 e. The van der Waals surface area contributed by atoms with Crippen molar-refractivity contribution >= 4 is 5.91 Å². The molecule has 0 aromatic heterocycles. The number of rotatable bonds is 4. The standard InChI is InChI=1S/C17H16FNO2/c1-19-17(20)13-6-9-16(15(18)10-13)21-14-7-4-12(5-8-14)11-2-3-11/h4-11H,2-3H2,1H3,(H,19,20). The Morgan fingerprint density at radius 2 is 1.90 bits per heavy atom. The molecule has 1 saturated carbocycles. The van der Waals surface area contributed by atoms with Crippen molar-refractivity contribution in [2.24, 2.45) is 0 Å². The van der Waals surface area contributed by atoms with E-state index in [9.17, 15) is 9.18 Å². The van der Waals surface area contributed by atoms with Gasteiger partial charge in [-0.1, -0.05) is 12.1 Å². The average molecular weight is 285 g/mol. The van der Waals surface area contributed by atoms with Crippen LogP contribution in [-0.4, -0.2) is 13.0 Å². The SMILES string of the molecule is CNC(=O)c1ccc(Oc2ccc(C3CC3)cc2)c(F)c1.